The van der Waals surface area contributed by atoms with E-state index in [1.807, 2.05) is 17.4 Å². The van der Waals surface area contributed by atoms with Crippen molar-refractivity contribution in [2.75, 3.05) is 5.32 Å². The summed E-state index contributed by atoms with van der Waals surface area (Å²) in [5, 5.41) is 13.2. The molecule has 6 heteroatoms. The molecule has 273 valence electrons. The summed E-state index contributed by atoms with van der Waals surface area (Å²) >= 11 is 1.86. The standard InChI is InChI=1S/C52H34BN2O2S/c1-52(2,3)28-16-18-29(19-17-28)54-40-25-37-31-11-5-7-13-43(31)56-45(37)26-36(40)33-20-21-35-48-41(23-22-34-30-10-4-8-14-44(30)57-51(34)48)55-42-27-47-38(24-39(42)53-49(33)50(35)55)32-12-6-9-15-46(32)58-47/h4-27,54H,1-3H3. The zero-order valence-electron chi connectivity index (χ0n) is 32.1. The molecule has 1 aliphatic heterocycles. The maximum Gasteiger partial charge on any atom is 0.197 e. The van der Waals surface area contributed by atoms with Gasteiger partial charge in [-0.1, -0.05) is 111 Å². The van der Waals surface area contributed by atoms with Gasteiger partial charge in [0.25, 0.3) is 0 Å². The van der Waals surface area contributed by atoms with Crippen LogP contribution in [-0.4, -0.2) is 11.8 Å². The van der Waals surface area contributed by atoms with E-state index in [4.69, 9.17) is 8.83 Å². The highest BCUT2D eigenvalue weighted by molar-refractivity contribution is 7.25. The third kappa shape index (κ3) is 4.46. The van der Waals surface area contributed by atoms with Crippen LogP contribution < -0.4 is 16.2 Å². The van der Waals surface area contributed by atoms with Crippen molar-refractivity contribution in [3.63, 3.8) is 0 Å². The summed E-state index contributed by atoms with van der Waals surface area (Å²) in [5.74, 6) is 0. The van der Waals surface area contributed by atoms with E-state index >= 15 is 0 Å². The first-order chi connectivity index (χ1) is 28.4. The largest absolute Gasteiger partial charge is 0.456 e. The number of fused-ring (bicyclic) bond motifs is 15. The molecule has 0 saturated carbocycles. The Balaban J connectivity index is 1.12. The van der Waals surface area contributed by atoms with Crippen molar-refractivity contribution in [2.45, 2.75) is 26.2 Å². The normalized spacial score (nSPS) is 12.9. The van der Waals surface area contributed by atoms with Gasteiger partial charge >= 0.3 is 0 Å². The number of nitrogens with zero attached hydrogens (tertiary/aromatic N) is 1. The van der Waals surface area contributed by atoms with Gasteiger partial charge in [0.05, 0.1) is 10.9 Å². The molecule has 58 heavy (non-hydrogen) atoms. The number of rotatable bonds is 3. The predicted molar refractivity (Wildman–Crippen MR) is 247 cm³/mol. The Hall–Kier alpha value is -6.76. The fraction of sp³-hybridized carbons (Fsp3) is 0.0769. The van der Waals surface area contributed by atoms with Crippen LogP contribution in [0.25, 0.3) is 103 Å². The molecule has 1 aliphatic rings. The van der Waals surface area contributed by atoms with E-state index in [0.29, 0.717) is 0 Å². The summed E-state index contributed by atoms with van der Waals surface area (Å²) in [6.07, 6.45) is 0. The van der Waals surface area contributed by atoms with Crippen molar-refractivity contribution in [3.8, 4) is 16.8 Å². The molecular formula is C52H34BN2O2S. The Morgan fingerprint density at radius 1 is 0.569 bits per heavy atom. The van der Waals surface area contributed by atoms with Crippen LogP contribution in [-0.2, 0) is 5.41 Å². The molecule has 0 aliphatic carbocycles. The van der Waals surface area contributed by atoms with Crippen LogP contribution >= 0.6 is 11.3 Å². The van der Waals surface area contributed by atoms with Crippen LogP contribution in [0, 0.1) is 0 Å². The molecular weight excluding hydrogens is 727 g/mol. The highest BCUT2D eigenvalue weighted by atomic mass is 32.1. The van der Waals surface area contributed by atoms with Gasteiger partial charge in [0.2, 0.25) is 0 Å². The average molecular weight is 762 g/mol. The molecule has 0 bridgehead atoms. The Labute approximate surface area is 338 Å². The highest BCUT2D eigenvalue weighted by Gasteiger charge is 2.29. The minimum absolute atomic E-state index is 0.0653. The minimum atomic E-state index is 0.0653. The smallest absolute Gasteiger partial charge is 0.197 e. The second-order valence-corrected chi connectivity index (χ2v) is 17.9. The average Bonchev–Trinajstić information content (AvgIpc) is 3.99. The number of furan rings is 2. The Kier molecular flexibility index (Phi) is 6.37. The SMILES string of the molecule is CC(C)(C)c1ccc(Nc2cc3c(cc2-c2ccc4c5c6oc7ccccc7c6ccc5n5c4c2[B]c2cc4c(cc2-5)sc2ccccc24)oc2ccccc23)cc1. The fourth-order valence-corrected chi connectivity index (χ4v) is 10.7. The van der Waals surface area contributed by atoms with E-state index in [2.05, 4.69) is 177 Å². The number of aromatic nitrogens is 1. The Morgan fingerprint density at radius 3 is 2.10 bits per heavy atom. The van der Waals surface area contributed by atoms with Crippen LogP contribution in [0.2, 0.25) is 0 Å². The van der Waals surface area contributed by atoms with Crippen molar-refractivity contribution >= 4 is 127 Å². The Bertz CT molecular complexity index is 3720. The van der Waals surface area contributed by atoms with Crippen molar-refractivity contribution in [3.05, 3.63) is 151 Å². The lowest BCUT2D eigenvalue weighted by Gasteiger charge is -2.24. The van der Waals surface area contributed by atoms with Gasteiger partial charge in [-0.2, -0.15) is 0 Å². The molecule has 0 fully saturated rings. The summed E-state index contributed by atoms with van der Waals surface area (Å²) in [4.78, 5) is 0. The monoisotopic (exact) mass is 761 g/mol. The van der Waals surface area contributed by atoms with Gasteiger partial charge in [-0.3, -0.25) is 0 Å². The molecule has 12 aromatic rings. The molecule has 0 saturated heterocycles. The van der Waals surface area contributed by atoms with E-state index in [0.717, 1.165) is 77.3 Å². The summed E-state index contributed by atoms with van der Waals surface area (Å²) in [6, 6.07) is 52.8. The predicted octanol–water partition coefficient (Wildman–Crippen LogP) is 13.6. The molecule has 8 aromatic carbocycles. The van der Waals surface area contributed by atoms with Gasteiger partial charge in [-0.25, -0.2) is 0 Å². The number of anilines is 2. The van der Waals surface area contributed by atoms with Crippen LogP contribution in [0.1, 0.15) is 26.3 Å². The maximum atomic E-state index is 6.75. The number of para-hydroxylation sites is 2. The van der Waals surface area contributed by atoms with E-state index < -0.39 is 0 Å². The zero-order chi connectivity index (χ0) is 38.4. The lowest BCUT2D eigenvalue weighted by atomic mass is 9.59. The first-order valence-electron chi connectivity index (χ1n) is 19.9. The van der Waals surface area contributed by atoms with Crippen molar-refractivity contribution in [1.29, 1.82) is 0 Å². The molecule has 1 N–H and O–H groups in total. The quantitative estimate of drug-likeness (QED) is 0.182. The second kappa shape index (κ2) is 11.4. The number of benzene rings is 8. The van der Waals surface area contributed by atoms with Crippen LogP contribution in [0.3, 0.4) is 0 Å². The first kappa shape index (κ1) is 32.3. The zero-order valence-corrected chi connectivity index (χ0v) is 32.9. The Morgan fingerprint density at radius 2 is 1.29 bits per heavy atom. The molecule has 5 heterocycles. The molecule has 13 rings (SSSR count). The number of nitrogens with one attached hydrogen (secondary N) is 1. The molecule has 4 aromatic heterocycles. The molecule has 0 spiro atoms. The van der Waals surface area contributed by atoms with E-state index in [-0.39, 0.29) is 5.41 Å². The number of thiophene rings is 1. The lowest BCUT2D eigenvalue weighted by molar-refractivity contribution is 0.590. The van der Waals surface area contributed by atoms with Gasteiger partial charge in [0.15, 0.2) is 7.28 Å². The molecule has 0 amide bonds. The van der Waals surface area contributed by atoms with Crippen molar-refractivity contribution < 1.29 is 8.83 Å². The van der Waals surface area contributed by atoms with Gasteiger partial charge in [-0.05, 0) is 88.1 Å². The fourth-order valence-electron chi connectivity index (χ4n) is 9.58. The van der Waals surface area contributed by atoms with Crippen molar-refractivity contribution in [2.24, 2.45) is 0 Å². The minimum Gasteiger partial charge on any atom is -0.456 e. The van der Waals surface area contributed by atoms with Crippen LogP contribution in [0.5, 0.6) is 0 Å². The van der Waals surface area contributed by atoms with Gasteiger partial charge in [0, 0.05) is 69.9 Å². The van der Waals surface area contributed by atoms with Gasteiger partial charge in [0.1, 0.15) is 22.3 Å². The van der Waals surface area contributed by atoms with E-state index in [1.165, 1.54) is 53.3 Å². The molecule has 0 unspecified atom stereocenters. The first-order valence-corrected chi connectivity index (χ1v) is 20.7. The summed E-state index contributed by atoms with van der Waals surface area (Å²) in [6.45, 7) is 6.77. The van der Waals surface area contributed by atoms with Gasteiger partial charge < -0.3 is 18.7 Å². The lowest BCUT2D eigenvalue weighted by Crippen LogP contribution is -2.37. The molecule has 0 atom stereocenters. The third-order valence-corrected chi connectivity index (χ3v) is 13.5. The molecule has 1 radical (unpaired) electrons. The van der Waals surface area contributed by atoms with Crippen LogP contribution in [0.15, 0.2) is 154 Å². The topological polar surface area (TPSA) is 43.2 Å². The second-order valence-electron chi connectivity index (χ2n) is 16.8. The van der Waals surface area contributed by atoms with E-state index in [9.17, 15) is 0 Å². The van der Waals surface area contributed by atoms with Gasteiger partial charge in [-0.15, -0.1) is 11.3 Å². The summed E-state index contributed by atoms with van der Waals surface area (Å²) < 4.78 is 18.4. The number of hydrogen-bond acceptors (Lipinski definition) is 4. The third-order valence-electron chi connectivity index (χ3n) is 12.4. The highest BCUT2D eigenvalue weighted by Crippen LogP contribution is 2.45. The van der Waals surface area contributed by atoms with Crippen LogP contribution in [0.4, 0.5) is 11.4 Å². The summed E-state index contributed by atoms with van der Waals surface area (Å²) in [7, 11) is 2.42. The van der Waals surface area contributed by atoms with E-state index in [1.54, 1.807) is 0 Å². The maximum absolute atomic E-state index is 6.75. The molecule has 4 nitrogen and oxygen atoms in total. The van der Waals surface area contributed by atoms with Crippen molar-refractivity contribution in [1.82, 2.24) is 4.57 Å². The number of hydrogen-bond donors (Lipinski definition) is 1. The summed E-state index contributed by atoms with van der Waals surface area (Å²) in [5.41, 5.74) is 15.1.